The Kier molecular flexibility index (Phi) is 8.78. The monoisotopic (exact) mass is 621 g/mol. The highest BCUT2D eigenvalue weighted by molar-refractivity contribution is 5.29. The highest BCUT2D eigenvalue weighted by Gasteiger charge is 2.55. The Morgan fingerprint density at radius 2 is 1.54 bits per heavy atom. The molecule has 0 N–H and O–H groups in total. The van der Waals surface area contributed by atoms with Crippen molar-refractivity contribution in [3.05, 3.63) is 59.5 Å². The molecule has 1 saturated heterocycles. The molecule has 0 spiro atoms. The van der Waals surface area contributed by atoms with Crippen molar-refractivity contribution in [2.24, 2.45) is 41.4 Å². The zero-order chi connectivity index (χ0) is 30.5. The van der Waals surface area contributed by atoms with Crippen LogP contribution < -0.4 is 0 Å². The third-order valence-electron chi connectivity index (χ3n) is 15.3. The molecular weight excluding hydrogens is 556 g/mol. The molecule has 2 heteroatoms. The Balaban J connectivity index is 0.979. The summed E-state index contributed by atoms with van der Waals surface area (Å²) in [5, 5.41) is 0. The molecule has 0 aromatic rings. The molecule has 4 saturated carbocycles. The highest BCUT2D eigenvalue weighted by atomic mass is 15.3. The largest absolute Gasteiger partial charge is 0.368 e. The molecule has 9 aliphatic rings. The lowest BCUT2D eigenvalue weighted by atomic mass is 9.62. The molecule has 1 aliphatic heterocycles. The normalized spacial score (nSPS) is 42.6. The first-order chi connectivity index (χ1) is 22.8. The van der Waals surface area contributed by atoms with Crippen molar-refractivity contribution in [1.29, 1.82) is 0 Å². The molecule has 0 amide bonds. The first-order valence-electron chi connectivity index (χ1n) is 20.8. The van der Waals surface area contributed by atoms with Gasteiger partial charge >= 0.3 is 0 Å². The van der Waals surface area contributed by atoms with Gasteiger partial charge in [0.15, 0.2) is 0 Å². The van der Waals surface area contributed by atoms with E-state index in [1.54, 1.807) is 5.70 Å². The number of fused-ring (bicyclic) bond motifs is 6. The molecule has 3 unspecified atom stereocenters. The van der Waals surface area contributed by atoms with E-state index in [1.165, 1.54) is 148 Å². The molecule has 0 aromatic heterocycles. The summed E-state index contributed by atoms with van der Waals surface area (Å²) in [6.07, 6.45) is 51.6. The van der Waals surface area contributed by atoms with Crippen LogP contribution in [0.25, 0.3) is 0 Å². The van der Waals surface area contributed by atoms with Gasteiger partial charge < -0.3 is 9.80 Å². The van der Waals surface area contributed by atoms with Gasteiger partial charge in [0, 0.05) is 41.5 Å². The van der Waals surface area contributed by atoms with Crippen LogP contribution in [0, 0.1) is 41.4 Å². The van der Waals surface area contributed by atoms with Crippen LogP contribution in [0.1, 0.15) is 148 Å². The fourth-order valence-electron chi connectivity index (χ4n) is 13.2. The van der Waals surface area contributed by atoms with Crippen LogP contribution in [0.5, 0.6) is 0 Å². The van der Waals surface area contributed by atoms with Crippen LogP contribution in [0.4, 0.5) is 0 Å². The lowest BCUT2D eigenvalue weighted by molar-refractivity contribution is 0.0201. The number of hydrogen-bond acceptors (Lipinski definition) is 2. The fraction of sp³-hybridized carbons (Fsp3) is 0.773. The summed E-state index contributed by atoms with van der Waals surface area (Å²) in [6.45, 7) is 0. The van der Waals surface area contributed by atoms with Crippen molar-refractivity contribution >= 4 is 0 Å². The van der Waals surface area contributed by atoms with E-state index in [1.807, 2.05) is 11.3 Å². The van der Waals surface area contributed by atoms with Gasteiger partial charge in [0.05, 0.1) is 0 Å². The molecule has 250 valence electrons. The Labute approximate surface area is 281 Å². The minimum Gasteiger partial charge on any atom is -0.368 e. The van der Waals surface area contributed by atoms with Crippen molar-refractivity contribution in [3.63, 3.8) is 0 Å². The molecule has 9 rings (SSSR count). The minimum absolute atomic E-state index is 0.574. The minimum atomic E-state index is 0.574. The summed E-state index contributed by atoms with van der Waals surface area (Å²) in [4.78, 5) is 6.16. The van der Waals surface area contributed by atoms with Crippen LogP contribution in [0.3, 0.4) is 0 Å². The molecule has 0 aromatic carbocycles. The number of allylic oxidation sites excluding steroid dienone is 7. The Morgan fingerprint density at radius 1 is 0.674 bits per heavy atom. The maximum Gasteiger partial charge on any atom is 0.0476 e. The van der Waals surface area contributed by atoms with E-state index < -0.39 is 0 Å². The summed E-state index contributed by atoms with van der Waals surface area (Å²) in [5.41, 5.74) is 5.25. The standard InChI is InChI=1S/C44H64N2/c1-3-14-36(15-4-1)45(38-24-21-32(22-25-38)35-20-19-31-11-7-8-13-34(31)29-35)39-26-28-43-42(30-39)41-27-23-33-12-9-10-18-40(33)44(41)46(43)37-16-5-2-6-17-37/h3,14-15,21,24,28-29,31-33,35,37-42,44H,1-2,4-13,16-20,22-23,25-27,30H2/t31-,32+,33-,35?,38?,39?,40-,41-,42+,44-/m1/s1. The van der Waals surface area contributed by atoms with E-state index in [-0.39, 0.29) is 0 Å². The second-order valence-corrected chi connectivity index (χ2v) is 17.6. The molecule has 10 atom stereocenters. The Morgan fingerprint density at radius 3 is 2.41 bits per heavy atom. The molecule has 1 heterocycles. The van der Waals surface area contributed by atoms with Crippen molar-refractivity contribution in [2.45, 2.75) is 172 Å². The van der Waals surface area contributed by atoms with Gasteiger partial charge in [0.1, 0.15) is 0 Å². The van der Waals surface area contributed by atoms with Gasteiger partial charge in [-0.25, -0.2) is 0 Å². The van der Waals surface area contributed by atoms with Crippen LogP contribution in [0.15, 0.2) is 59.5 Å². The third-order valence-corrected chi connectivity index (χ3v) is 15.3. The van der Waals surface area contributed by atoms with Crippen LogP contribution in [0.2, 0.25) is 0 Å². The van der Waals surface area contributed by atoms with E-state index in [2.05, 4.69) is 52.3 Å². The van der Waals surface area contributed by atoms with Gasteiger partial charge in [-0.3, -0.25) is 0 Å². The average molecular weight is 621 g/mol. The summed E-state index contributed by atoms with van der Waals surface area (Å²) in [5.74, 6) is 6.25. The summed E-state index contributed by atoms with van der Waals surface area (Å²) < 4.78 is 0. The van der Waals surface area contributed by atoms with E-state index >= 15 is 0 Å². The predicted molar refractivity (Wildman–Crippen MR) is 192 cm³/mol. The van der Waals surface area contributed by atoms with E-state index in [0.717, 1.165) is 53.5 Å². The lowest BCUT2D eigenvalue weighted by Crippen LogP contribution is -2.50. The Bertz CT molecular complexity index is 1240. The van der Waals surface area contributed by atoms with E-state index in [9.17, 15) is 0 Å². The number of rotatable bonds is 5. The smallest absolute Gasteiger partial charge is 0.0476 e. The summed E-state index contributed by atoms with van der Waals surface area (Å²) >= 11 is 0. The van der Waals surface area contributed by atoms with Crippen LogP contribution in [-0.4, -0.2) is 34.0 Å². The van der Waals surface area contributed by atoms with Crippen LogP contribution >= 0.6 is 0 Å². The summed E-state index contributed by atoms with van der Waals surface area (Å²) in [6, 6.07) is 2.93. The number of likely N-dealkylation sites (tertiary alicyclic amines) is 1. The van der Waals surface area contributed by atoms with E-state index in [4.69, 9.17) is 0 Å². The zero-order valence-electron chi connectivity index (χ0n) is 29.1. The molecule has 2 nitrogen and oxygen atoms in total. The predicted octanol–water partition coefficient (Wildman–Crippen LogP) is 11.3. The van der Waals surface area contributed by atoms with Crippen molar-refractivity contribution in [3.8, 4) is 0 Å². The van der Waals surface area contributed by atoms with Gasteiger partial charge in [0.2, 0.25) is 0 Å². The second kappa shape index (κ2) is 13.3. The molecular formula is C44H64N2. The average Bonchev–Trinajstić information content (AvgIpc) is 3.47. The highest BCUT2D eigenvalue weighted by Crippen LogP contribution is 2.58. The topological polar surface area (TPSA) is 6.48 Å². The first-order valence-corrected chi connectivity index (χ1v) is 20.8. The second-order valence-electron chi connectivity index (χ2n) is 17.6. The summed E-state index contributed by atoms with van der Waals surface area (Å²) in [7, 11) is 0. The quantitative estimate of drug-likeness (QED) is 0.282. The maximum absolute atomic E-state index is 3.18. The van der Waals surface area contributed by atoms with Crippen molar-refractivity contribution in [1.82, 2.24) is 9.80 Å². The molecule has 0 bridgehead atoms. The Hall–Kier alpha value is -1.70. The molecule has 5 fully saturated rings. The van der Waals surface area contributed by atoms with Crippen molar-refractivity contribution in [2.75, 3.05) is 0 Å². The SMILES string of the molecule is C1=CC(N(C2C=C[C@H](C3C=C4CCCC[C@@H]4CC3)CC2)C2CC=C3[C@@H](C2)[C@H]2CC[C@H]4CCCC[C@H]4[C@H]2N3C2CCCCC2)=CCC1. The number of nitrogens with zero attached hydrogens (tertiary/aromatic N) is 2. The van der Waals surface area contributed by atoms with Gasteiger partial charge in [-0.15, -0.1) is 0 Å². The van der Waals surface area contributed by atoms with Crippen molar-refractivity contribution < 1.29 is 0 Å². The molecule has 0 radical (unpaired) electrons. The number of hydrogen-bond donors (Lipinski definition) is 0. The van der Waals surface area contributed by atoms with Gasteiger partial charge in [-0.05, 0) is 144 Å². The first kappa shape index (κ1) is 30.4. The van der Waals surface area contributed by atoms with Gasteiger partial charge in [-0.1, -0.05) is 87.0 Å². The van der Waals surface area contributed by atoms with Gasteiger partial charge in [-0.2, -0.15) is 0 Å². The van der Waals surface area contributed by atoms with Gasteiger partial charge in [0.25, 0.3) is 0 Å². The molecule has 46 heavy (non-hydrogen) atoms. The van der Waals surface area contributed by atoms with E-state index in [0.29, 0.717) is 12.1 Å². The van der Waals surface area contributed by atoms with Crippen LogP contribution in [-0.2, 0) is 0 Å². The lowest BCUT2D eigenvalue weighted by Gasteiger charge is -2.49. The zero-order valence-corrected chi connectivity index (χ0v) is 29.1. The fourth-order valence-corrected chi connectivity index (χ4v) is 13.2. The molecule has 8 aliphatic carbocycles. The maximum atomic E-state index is 3.18. The third kappa shape index (κ3) is 5.62.